The average molecular weight is 806 g/mol. The van der Waals surface area contributed by atoms with Crippen molar-refractivity contribution in [1.82, 2.24) is 5.32 Å². The standard InChI is InChI=1S/C46H80NO8P/c1-3-5-7-9-11-13-15-17-19-21-22-23-24-26-28-30-32-34-36-38-45(49)47-40-41-54-56(51,52)55-43-44(48)42-53-46(50)39-37-35-33-31-29-27-25-20-18-16-14-12-10-8-6-4-2/h5,7,11,13,17,19,22-23,26,28,32,34,44,48H,3-4,6,8-10,12,14-16,18,20-21,24-25,27,29-31,33,35-43H2,1-2H3,(H,47,49)(H,51,52)/b7-5-,13-11-,19-17-,23-22-,28-26-,34-32-. The SMILES string of the molecule is CC/C=C\C/C=C\C/C=C\C/C=C\C/C=C\C/C=C\CCC(=O)NCCOP(=O)(O)OCC(O)COC(=O)CCCCCCCCCCCCCCCCCC. The molecule has 322 valence electrons. The van der Waals surface area contributed by atoms with E-state index in [0.29, 0.717) is 12.8 Å². The highest BCUT2D eigenvalue weighted by molar-refractivity contribution is 7.47. The Labute approximate surface area is 341 Å². The maximum atomic E-state index is 12.1. The summed E-state index contributed by atoms with van der Waals surface area (Å²) < 4.78 is 26.8. The summed E-state index contributed by atoms with van der Waals surface area (Å²) in [5.74, 6) is -0.604. The van der Waals surface area contributed by atoms with Crippen molar-refractivity contribution in [3.8, 4) is 0 Å². The van der Waals surface area contributed by atoms with Gasteiger partial charge in [-0.05, 0) is 51.4 Å². The third kappa shape index (κ3) is 42.6. The van der Waals surface area contributed by atoms with Crippen molar-refractivity contribution >= 4 is 19.7 Å². The van der Waals surface area contributed by atoms with Crippen molar-refractivity contribution in [2.75, 3.05) is 26.4 Å². The van der Waals surface area contributed by atoms with E-state index in [2.05, 4.69) is 79.9 Å². The molecule has 56 heavy (non-hydrogen) atoms. The monoisotopic (exact) mass is 806 g/mol. The highest BCUT2D eigenvalue weighted by atomic mass is 31.2. The van der Waals surface area contributed by atoms with Gasteiger partial charge in [0.25, 0.3) is 0 Å². The zero-order chi connectivity index (χ0) is 41.1. The number of aliphatic hydroxyl groups excluding tert-OH is 1. The van der Waals surface area contributed by atoms with Gasteiger partial charge < -0.3 is 20.1 Å². The van der Waals surface area contributed by atoms with Crippen LogP contribution in [0.25, 0.3) is 0 Å². The van der Waals surface area contributed by atoms with Crippen molar-refractivity contribution in [1.29, 1.82) is 0 Å². The van der Waals surface area contributed by atoms with Crippen LogP contribution in [0.3, 0.4) is 0 Å². The number of amides is 1. The van der Waals surface area contributed by atoms with Crippen LogP contribution in [0, 0.1) is 0 Å². The summed E-state index contributed by atoms with van der Waals surface area (Å²) in [5.41, 5.74) is 0. The lowest BCUT2D eigenvalue weighted by Gasteiger charge is -2.15. The fraction of sp³-hybridized carbons (Fsp3) is 0.696. The Kier molecular flexibility index (Phi) is 40.2. The van der Waals surface area contributed by atoms with E-state index in [1.165, 1.54) is 83.5 Å². The fourth-order valence-corrected chi connectivity index (χ4v) is 6.40. The zero-order valence-corrected chi connectivity index (χ0v) is 36.2. The van der Waals surface area contributed by atoms with Crippen LogP contribution in [0.5, 0.6) is 0 Å². The topological polar surface area (TPSA) is 131 Å². The van der Waals surface area contributed by atoms with Crippen LogP contribution in [0.15, 0.2) is 72.9 Å². The molecule has 2 unspecified atom stereocenters. The van der Waals surface area contributed by atoms with Gasteiger partial charge in [-0.2, -0.15) is 0 Å². The average Bonchev–Trinajstić information content (AvgIpc) is 3.18. The zero-order valence-electron chi connectivity index (χ0n) is 35.3. The summed E-state index contributed by atoms with van der Waals surface area (Å²) in [5, 5.41) is 12.6. The van der Waals surface area contributed by atoms with Gasteiger partial charge in [0.1, 0.15) is 12.7 Å². The number of ether oxygens (including phenoxy) is 1. The number of hydrogen-bond donors (Lipinski definition) is 3. The van der Waals surface area contributed by atoms with Crippen LogP contribution in [0.1, 0.15) is 174 Å². The van der Waals surface area contributed by atoms with Gasteiger partial charge in [0.15, 0.2) is 0 Å². The van der Waals surface area contributed by atoms with Gasteiger partial charge in [-0.25, -0.2) is 4.57 Å². The molecule has 0 heterocycles. The van der Waals surface area contributed by atoms with E-state index in [9.17, 15) is 24.2 Å². The minimum absolute atomic E-state index is 0.0377. The molecular formula is C46H80NO8P. The van der Waals surface area contributed by atoms with Gasteiger partial charge in [0.05, 0.1) is 13.2 Å². The molecule has 0 aliphatic rings. The molecule has 3 N–H and O–H groups in total. The highest BCUT2D eigenvalue weighted by Crippen LogP contribution is 2.42. The maximum absolute atomic E-state index is 12.1. The lowest BCUT2D eigenvalue weighted by atomic mass is 10.0. The number of rotatable bonds is 40. The Hall–Kier alpha value is -2.55. The second-order valence-electron chi connectivity index (χ2n) is 14.3. The van der Waals surface area contributed by atoms with Crippen molar-refractivity contribution in [3.05, 3.63) is 72.9 Å². The predicted molar refractivity (Wildman–Crippen MR) is 233 cm³/mol. The van der Waals surface area contributed by atoms with E-state index in [1.54, 1.807) is 0 Å². The van der Waals surface area contributed by atoms with Crippen molar-refractivity contribution in [3.63, 3.8) is 0 Å². The van der Waals surface area contributed by atoms with Crippen molar-refractivity contribution in [2.24, 2.45) is 0 Å². The third-order valence-electron chi connectivity index (χ3n) is 8.91. The number of esters is 1. The minimum atomic E-state index is -4.44. The summed E-state index contributed by atoms with van der Waals surface area (Å²) in [4.78, 5) is 33.9. The van der Waals surface area contributed by atoms with E-state index in [-0.39, 0.29) is 32.1 Å². The van der Waals surface area contributed by atoms with Crippen molar-refractivity contribution < 1.29 is 37.9 Å². The lowest BCUT2D eigenvalue weighted by Crippen LogP contribution is -2.27. The van der Waals surface area contributed by atoms with Crippen LogP contribution in [0.2, 0.25) is 0 Å². The summed E-state index contributed by atoms with van der Waals surface area (Å²) in [6.45, 7) is 3.34. The molecular weight excluding hydrogens is 725 g/mol. The second kappa shape index (κ2) is 42.1. The van der Waals surface area contributed by atoms with E-state index in [4.69, 9.17) is 13.8 Å². The van der Waals surface area contributed by atoms with Gasteiger partial charge >= 0.3 is 13.8 Å². The first-order chi connectivity index (χ1) is 27.3. The molecule has 0 aromatic heterocycles. The quantitative estimate of drug-likeness (QED) is 0.0241. The number of unbranched alkanes of at least 4 members (excludes halogenated alkanes) is 15. The molecule has 0 spiro atoms. The predicted octanol–water partition coefficient (Wildman–Crippen LogP) is 12.3. The van der Waals surface area contributed by atoms with E-state index >= 15 is 0 Å². The van der Waals surface area contributed by atoms with Crippen LogP contribution in [-0.4, -0.2) is 54.3 Å². The Morgan fingerprint density at radius 1 is 0.571 bits per heavy atom. The van der Waals surface area contributed by atoms with Crippen molar-refractivity contribution in [2.45, 2.75) is 180 Å². The molecule has 0 rings (SSSR count). The number of allylic oxidation sites excluding steroid dienone is 12. The van der Waals surface area contributed by atoms with E-state index in [0.717, 1.165) is 57.8 Å². The van der Waals surface area contributed by atoms with Gasteiger partial charge in [-0.1, -0.05) is 183 Å². The van der Waals surface area contributed by atoms with Crippen LogP contribution < -0.4 is 5.32 Å². The number of hydrogen-bond acceptors (Lipinski definition) is 7. The first kappa shape index (κ1) is 53.5. The highest BCUT2D eigenvalue weighted by Gasteiger charge is 2.23. The molecule has 0 aromatic carbocycles. The normalized spacial score (nSPS) is 14.0. The number of carbonyl (C=O) groups is 2. The Morgan fingerprint density at radius 3 is 1.46 bits per heavy atom. The maximum Gasteiger partial charge on any atom is 0.472 e. The molecule has 0 fully saturated rings. The molecule has 0 saturated heterocycles. The molecule has 10 heteroatoms. The van der Waals surface area contributed by atoms with E-state index in [1.807, 2.05) is 12.2 Å². The summed E-state index contributed by atoms with van der Waals surface area (Å²) >= 11 is 0. The first-order valence-electron chi connectivity index (χ1n) is 21.9. The van der Waals surface area contributed by atoms with Crippen LogP contribution in [0.4, 0.5) is 0 Å². The smallest absolute Gasteiger partial charge is 0.463 e. The number of carbonyl (C=O) groups excluding carboxylic acids is 2. The summed E-state index contributed by atoms with van der Waals surface area (Å²) in [6, 6.07) is 0. The minimum Gasteiger partial charge on any atom is -0.463 e. The van der Waals surface area contributed by atoms with Gasteiger partial charge in [-0.15, -0.1) is 0 Å². The first-order valence-corrected chi connectivity index (χ1v) is 23.4. The Balaban J connectivity index is 3.70. The molecule has 1 amide bonds. The van der Waals surface area contributed by atoms with Gasteiger partial charge in [-0.3, -0.25) is 18.6 Å². The molecule has 9 nitrogen and oxygen atoms in total. The largest absolute Gasteiger partial charge is 0.472 e. The Bertz CT molecular complexity index is 1150. The fourth-order valence-electron chi connectivity index (χ4n) is 5.64. The van der Waals surface area contributed by atoms with Crippen LogP contribution in [-0.2, 0) is 27.9 Å². The summed E-state index contributed by atoms with van der Waals surface area (Å²) in [7, 11) is -4.44. The third-order valence-corrected chi connectivity index (χ3v) is 9.90. The summed E-state index contributed by atoms with van der Waals surface area (Å²) in [6.07, 6.45) is 51.3. The Morgan fingerprint density at radius 2 is 1.00 bits per heavy atom. The molecule has 0 aliphatic carbocycles. The second-order valence-corrected chi connectivity index (χ2v) is 15.7. The van der Waals surface area contributed by atoms with Crippen LogP contribution >= 0.6 is 7.82 Å². The number of phosphoric acid groups is 1. The van der Waals surface area contributed by atoms with Gasteiger partial charge in [0.2, 0.25) is 5.91 Å². The number of nitrogens with one attached hydrogen (secondary N) is 1. The molecule has 0 bridgehead atoms. The molecule has 2 atom stereocenters. The lowest BCUT2D eigenvalue weighted by molar-refractivity contribution is -0.147. The molecule has 0 radical (unpaired) electrons. The number of aliphatic hydroxyl groups is 1. The molecule has 0 saturated carbocycles. The molecule has 0 aromatic rings. The number of phosphoric ester groups is 1. The molecule has 0 aliphatic heterocycles. The van der Waals surface area contributed by atoms with Gasteiger partial charge in [0, 0.05) is 19.4 Å². The van der Waals surface area contributed by atoms with E-state index < -0.39 is 26.5 Å².